The highest BCUT2D eigenvalue weighted by Gasteiger charge is 2.71. The fourth-order valence-corrected chi connectivity index (χ4v) is 5.89. The van der Waals surface area contributed by atoms with Crippen molar-refractivity contribution in [3.63, 3.8) is 0 Å². The zero-order valence-electron chi connectivity index (χ0n) is 21.0. The summed E-state index contributed by atoms with van der Waals surface area (Å²) in [5.41, 5.74) is -0.822. The number of hydrogen-bond acceptors (Lipinski definition) is 4. The average Bonchev–Trinajstić information content (AvgIpc) is 3.45. The Morgan fingerprint density at radius 1 is 1.13 bits per heavy atom. The van der Waals surface area contributed by atoms with Crippen molar-refractivity contribution >= 4 is 24.3 Å². The van der Waals surface area contributed by atoms with E-state index in [9.17, 15) is 36.6 Å². The first-order valence-corrected chi connectivity index (χ1v) is 12.8. The molecule has 2 aliphatic carbocycles. The number of hydrogen-bond donors (Lipinski definition) is 2. The summed E-state index contributed by atoms with van der Waals surface area (Å²) < 4.78 is 69.8. The first kappa shape index (κ1) is 29.3. The molecule has 2 heterocycles. The van der Waals surface area contributed by atoms with Crippen molar-refractivity contribution < 1.29 is 36.6 Å². The van der Waals surface area contributed by atoms with E-state index in [2.05, 4.69) is 10.4 Å². The SMILES string of the molecule is Cl.O=C(O)C[C@H](CCN1CC2C(C1)C2(F)F)NC(=O)c1cc(-c2ccccc2C(F)(F)F)n(C2CCCC2)n1. The quantitative estimate of drug-likeness (QED) is 0.397. The molecule has 0 spiro atoms. The smallest absolute Gasteiger partial charge is 0.417 e. The number of amides is 1. The number of carbonyl (C=O) groups excluding carboxylic acids is 1. The molecule has 13 heteroatoms. The third-order valence-corrected chi connectivity index (χ3v) is 7.97. The van der Waals surface area contributed by atoms with Gasteiger partial charge < -0.3 is 15.3 Å². The molecule has 1 aromatic heterocycles. The van der Waals surface area contributed by atoms with Gasteiger partial charge in [-0.3, -0.25) is 14.3 Å². The first-order chi connectivity index (χ1) is 17.9. The van der Waals surface area contributed by atoms with Gasteiger partial charge in [0.1, 0.15) is 0 Å². The number of fused-ring (bicyclic) bond motifs is 1. The second-order valence-corrected chi connectivity index (χ2v) is 10.5. The van der Waals surface area contributed by atoms with E-state index in [-0.39, 0.29) is 61.3 Å². The maximum Gasteiger partial charge on any atom is 0.417 e. The van der Waals surface area contributed by atoms with Gasteiger partial charge in [-0.05, 0) is 31.4 Å². The molecule has 2 N–H and O–H groups in total. The van der Waals surface area contributed by atoms with Gasteiger partial charge >= 0.3 is 12.1 Å². The highest BCUT2D eigenvalue weighted by atomic mass is 35.5. The highest BCUT2D eigenvalue weighted by Crippen LogP contribution is 2.59. The maximum atomic E-state index is 13.8. The number of benzene rings is 1. The van der Waals surface area contributed by atoms with E-state index in [1.807, 2.05) is 4.90 Å². The Morgan fingerprint density at radius 2 is 1.77 bits per heavy atom. The summed E-state index contributed by atoms with van der Waals surface area (Å²) in [6, 6.07) is 5.52. The van der Waals surface area contributed by atoms with Crippen molar-refractivity contribution in [1.29, 1.82) is 0 Å². The summed E-state index contributed by atoms with van der Waals surface area (Å²) in [4.78, 5) is 26.4. The van der Waals surface area contributed by atoms with Crippen molar-refractivity contribution in [2.45, 2.75) is 62.7 Å². The Bertz CT molecular complexity index is 1200. The molecule has 5 rings (SSSR count). The van der Waals surface area contributed by atoms with Gasteiger partial charge in [0.15, 0.2) is 5.69 Å². The number of aliphatic carboxylic acids is 1. The predicted octanol–water partition coefficient (Wildman–Crippen LogP) is 5.27. The Kier molecular flexibility index (Phi) is 8.28. The number of likely N-dealkylation sites (tertiary alicyclic amines) is 1. The van der Waals surface area contributed by atoms with Crippen LogP contribution in [0.25, 0.3) is 11.3 Å². The van der Waals surface area contributed by atoms with Gasteiger partial charge in [-0.2, -0.15) is 18.3 Å². The molecule has 2 saturated carbocycles. The van der Waals surface area contributed by atoms with Gasteiger partial charge in [-0.15, -0.1) is 12.4 Å². The lowest BCUT2D eigenvalue weighted by Gasteiger charge is -2.23. The molecule has 1 aromatic carbocycles. The number of carboxylic acids is 1. The number of carboxylic acid groups (broad SMARTS) is 1. The monoisotopic (exact) mass is 576 g/mol. The maximum absolute atomic E-state index is 13.8. The van der Waals surface area contributed by atoms with Crippen LogP contribution in [0.3, 0.4) is 0 Å². The number of piperidine rings is 1. The minimum atomic E-state index is -4.60. The lowest BCUT2D eigenvalue weighted by molar-refractivity contribution is -0.138. The number of aromatic nitrogens is 2. The Morgan fingerprint density at radius 3 is 2.38 bits per heavy atom. The van der Waals surface area contributed by atoms with Crippen molar-refractivity contribution in [3.8, 4) is 11.3 Å². The standard InChI is InChI=1S/C26H29F5N4O3.ClH/c27-25(28)19-13-34(14-20(19)25)10-9-15(11-23(36)37)32-24(38)21-12-22(35(33-21)16-5-1-2-6-16)17-7-3-4-8-18(17)26(29,30)31;/h3-4,7-8,12,15-16,19-20H,1-2,5-6,9-11,13-14H2,(H,32,38)(H,36,37);1H/t15-,19?,20?;/m0./s1. The predicted molar refractivity (Wildman–Crippen MR) is 134 cm³/mol. The van der Waals surface area contributed by atoms with Gasteiger partial charge in [-0.1, -0.05) is 31.0 Å². The van der Waals surface area contributed by atoms with Crippen LogP contribution in [0.4, 0.5) is 22.0 Å². The van der Waals surface area contributed by atoms with Crippen LogP contribution in [-0.4, -0.2) is 63.3 Å². The topological polar surface area (TPSA) is 87.5 Å². The Hall–Kier alpha value is -2.73. The number of halogens is 6. The minimum Gasteiger partial charge on any atom is -0.481 e. The van der Waals surface area contributed by atoms with Gasteiger partial charge in [0.2, 0.25) is 0 Å². The lowest BCUT2D eigenvalue weighted by atomic mass is 10.0. The molecule has 0 bridgehead atoms. The third-order valence-electron chi connectivity index (χ3n) is 7.97. The van der Waals surface area contributed by atoms with Crippen molar-refractivity contribution in [2.24, 2.45) is 11.8 Å². The van der Waals surface area contributed by atoms with E-state index in [0.29, 0.717) is 6.54 Å². The van der Waals surface area contributed by atoms with Crippen LogP contribution in [0.1, 0.15) is 60.6 Å². The second-order valence-electron chi connectivity index (χ2n) is 10.5. The molecule has 2 unspecified atom stereocenters. The third kappa shape index (κ3) is 6.06. The summed E-state index contributed by atoms with van der Waals surface area (Å²) in [6.45, 7) is 0.820. The molecule has 3 aliphatic rings. The second kappa shape index (κ2) is 11.0. The molecule has 1 amide bonds. The van der Waals surface area contributed by atoms with E-state index in [4.69, 9.17) is 0 Å². The molecular weight excluding hydrogens is 547 g/mol. The van der Waals surface area contributed by atoms with Crippen LogP contribution in [-0.2, 0) is 11.0 Å². The Labute approximate surface area is 228 Å². The van der Waals surface area contributed by atoms with Gasteiger partial charge in [0, 0.05) is 43.1 Å². The van der Waals surface area contributed by atoms with Gasteiger partial charge in [-0.25, -0.2) is 8.78 Å². The van der Waals surface area contributed by atoms with E-state index < -0.39 is 47.4 Å². The number of nitrogens with zero attached hydrogens (tertiary/aromatic N) is 3. The summed E-state index contributed by atoms with van der Waals surface area (Å²) in [7, 11) is 0. The lowest BCUT2D eigenvalue weighted by Crippen LogP contribution is -2.40. The summed E-state index contributed by atoms with van der Waals surface area (Å²) in [6.07, 6.45) is -1.50. The molecule has 3 atom stereocenters. The van der Waals surface area contributed by atoms with Crippen LogP contribution in [0.15, 0.2) is 30.3 Å². The largest absolute Gasteiger partial charge is 0.481 e. The zero-order valence-corrected chi connectivity index (χ0v) is 21.8. The minimum absolute atomic E-state index is 0. The zero-order chi connectivity index (χ0) is 27.2. The van der Waals surface area contributed by atoms with Gasteiger partial charge in [0.25, 0.3) is 11.8 Å². The molecule has 214 valence electrons. The highest BCUT2D eigenvalue weighted by molar-refractivity contribution is 5.94. The van der Waals surface area contributed by atoms with Crippen LogP contribution >= 0.6 is 12.4 Å². The van der Waals surface area contributed by atoms with E-state index >= 15 is 0 Å². The molecule has 7 nitrogen and oxygen atoms in total. The molecule has 3 fully saturated rings. The van der Waals surface area contributed by atoms with Crippen molar-refractivity contribution in [1.82, 2.24) is 20.0 Å². The summed E-state index contributed by atoms with van der Waals surface area (Å²) in [5.74, 6) is -5.76. The summed E-state index contributed by atoms with van der Waals surface area (Å²) >= 11 is 0. The van der Waals surface area contributed by atoms with E-state index in [1.54, 1.807) is 0 Å². The normalized spacial score (nSPS) is 23.2. The first-order valence-electron chi connectivity index (χ1n) is 12.8. The fourth-order valence-electron chi connectivity index (χ4n) is 5.89. The van der Waals surface area contributed by atoms with Gasteiger partial charge in [0.05, 0.1) is 23.7 Å². The number of alkyl halides is 5. The number of rotatable bonds is 9. The number of carbonyl (C=O) groups is 2. The average molecular weight is 577 g/mol. The van der Waals surface area contributed by atoms with E-state index in [0.717, 1.165) is 31.7 Å². The number of nitrogens with one attached hydrogen (secondary N) is 1. The molecule has 0 radical (unpaired) electrons. The summed E-state index contributed by atoms with van der Waals surface area (Å²) in [5, 5.41) is 16.4. The van der Waals surface area contributed by atoms with Crippen molar-refractivity contribution in [3.05, 3.63) is 41.6 Å². The van der Waals surface area contributed by atoms with Crippen molar-refractivity contribution in [2.75, 3.05) is 19.6 Å². The molecule has 2 aromatic rings. The fraction of sp³-hybridized carbons (Fsp3) is 0.577. The molecular formula is C26H30ClF5N4O3. The Balaban J connectivity index is 0.00000353. The van der Waals surface area contributed by atoms with Crippen LogP contribution < -0.4 is 5.32 Å². The van der Waals surface area contributed by atoms with Crippen LogP contribution in [0.5, 0.6) is 0 Å². The molecule has 39 heavy (non-hydrogen) atoms. The van der Waals surface area contributed by atoms with E-state index in [1.165, 1.54) is 28.9 Å². The van der Waals surface area contributed by atoms with Crippen LogP contribution in [0.2, 0.25) is 0 Å². The molecule has 1 saturated heterocycles. The van der Waals surface area contributed by atoms with Crippen LogP contribution in [0, 0.1) is 11.8 Å². The molecule has 1 aliphatic heterocycles.